The van der Waals surface area contributed by atoms with Crippen LogP contribution in [0.2, 0.25) is 0 Å². The predicted molar refractivity (Wildman–Crippen MR) is 58.5 cm³/mol. The number of ether oxygens (including phenoxy) is 3. The summed E-state index contributed by atoms with van der Waals surface area (Å²) in [5, 5.41) is 0. The Morgan fingerprint density at radius 2 is 2.06 bits per heavy atom. The van der Waals surface area contributed by atoms with Gasteiger partial charge in [-0.05, 0) is 30.5 Å². The molecule has 0 unspecified atom stereocenters. The van der Waals surface area contributed by atoms with Crippen molar-refractivity contribution in [2.75, 3.05) is 13.4 Å². The first-order valence-corrected chi connectivity index (χ1v) is 5.59. The van der Waals surface area contributed by atoms with Gasteiger partial charge in [-0.2, -0.15) is 0 Å². The SMILES string of the molecule is N[C@H]1CCO[C@@H](c2ccc3c(c2)OCO3)C1. The van der Waals surface area contributed by atoms with Crippen LogP contribution in [-0.2, 0) is 4.74 Å². The summed E-state index contributed by atoms with van der Waals surface area (Å²) in [4.78, 5) is 0. The number of hydrogen-bond donors (Lipinski definition) is 1. The van der Waals surface area contributed by atoms with Crippen LogP contribution in [0, 0.1) is 0 Å². The molecule has 2 aliphatic heterocycles. The Balaban J connectivity index is 1.83. The fourth-order valence-corrected chi connectivity index (χ4v) is 2.17. The average Bonchev–Trinajstić information content (AvgIpc) is 2.75. The maximum absolute atomic E-state index is 5.94. The summed E-state index contributed by atoms with van der Waals surface area (Å²) in [6, 6.07) is 6.19. The molecule has 0 aromatic heterocycles. The molecule has 2 atom stereocenters. The zero-order chi connectivity index (χ0) is 11.0. The molecule has 16 heavy (non-hydrogen) atoms. The molecule has 1 aromatic rings. The summed E-state index contributed by atoms with van der Waals surface area (Å²) in [5.41, 5.74) is 7.06. The highest BCUT2D eigenvalue weighted by atomic mass is 16.7. The molecular formula is C12H15NO3. The van der Waals surface area contributed by atoms with Crippen LogP contribution < -0.4 is 15.2 Å². The first-order chi connectivity index (χ1) is 7.83. The lowest BCUT2D eigenvalue weighted by atomic mass is 9.98. The quantitative estimate of drug-likeness (QED) is 0.782. The van der Waals surface area contributed by atoms with Gasteiger partial charge in [-0.15, -0.1) is 0 Å². The van der Waals surface area contributed by atoms with E-state index in [0.717, 1.165) is 36.5 Å². The Morgan fingerprint density at radius 3 is 2.94 bits per heavy atom. The summed E-state index contributed by atoms with van der Waals surface area (Å²) >= 11 is 0. The minimum Gasteiger partial charge on any atom is -0.454 e. The van der Waals surface area contributed by atoms with Crippen molar-refractivity contribution in [1.82, 2.24) is 0 Å². The van der Waals surface area contributed by atoms with Gasteiger partial charge in [0.1, 0.15) is 0 Å². The lowest BCUT2D eigenvalue weighted by molar-refractivity contribution is 0.00658. The van der Waals surface area contributed by atoms with E-state index < -0.39 is 0 Å². The van der Waals surface area contributed by atoms with E-state index >= 15 is 0 Å². The zero-order valence-corrected chi connectivity index (χ0v) is 9.02. The van der Waals surface area contributed by atoms with Gasteiger partial charge in [0, 0.05) is 12.6 Å². The second-order valence-corrected chi connectivity index (χ2v) is 4.26. The maximum Gasteiger partial charge on any atom is 0.231 e. The molecule has 0 saturated carbocycles. The van der Waals surface area contributed by atoms with Crippen molar-refractivity contribution in [2.24, 2.45) is 5.73 Å². The molecule has 3 rings (SSSR count). The zero-order valence-electron chi connectivity index (χ0n) is 9.02. The fraction of sp³-hybridized carbons (Fsp3) is 0.500. The molecular weight excluding hydrogens is 206 g/mol. The highest BCUT2D eigenvalue weighted by Crippen LogP contribution is 2.36. The third-order valence-electron chi connectivity index (χ3n) is 3.09. The molecule has 0 aliphatic carbocycles. The molecule has 1 saturated heterocycles. The molecule has 0 bridgehead atoms. The van der Waals surface area contributed by atoms with Crippen LogP contribution in [0.4, 0.5) is 0 Å². The minimum absolute atomic E-state index is 0.0956. The molecule has 0 amide bonds. The van der Waals surface area contributed by atoms with Crippen LogP contribution in [0.5, 0.6) is 11.5 Å². The highest BCUT2D eigenvalue weighted by Gasteiger charge is 2.23. The summed E-state index contributed by atoms with van der Waals surface area (Å²) in [7, 11) is 0. The number of hydrogen-bond acceptors (Lipinski definition) is 4. The lowest BCUT2D eigenvalue weighted by Crippen LogP contribution is -2.30. The summed E-state index contributed by atoms with van der Waals surface area (Å²) in [6.07, 6.45) is 1.92. The Labute approximate surface area is 94.3 Å². The smallest absolute Gasteiger partial charge is 0.231 e. The van der Waals surface area contributed by atoms with Gasteiger partial charge < -0.3 is 19.9 Å². The van der Waals surface area contributed by atoms with Crippen LogP contribution in [-0.4, -0.2) is 19.4 Å². The Kier molecular flexibility index (Phi) is 2.46. The lowest BCUT2D eigenvalue weighted by Gasteiger charge is -2.27. The maximum atomic E-state index is 5.94. The number of rotatable bonds is 1. The van der Waals surface area contributed by atoms with Gasteiger partial charge in [-0.25, -0.2) is 0 Å². The van der Waals surface area contributed by atoms with E-state index in [-0.39, 0.29) is 12.1 Å². The van der Waals surface area contributed by atoms with Crippen molar-refractivity contribution in [3.63, 3.8) is 0 Å². The number of fused-ring (bicyclic) bond motifs is 1. The first-order valence-electron chi connectivity index (χ1n) is 5.59. The van der Waals surface area contributed by atoms with Crippen molar-refractivity contribution in [3.05, 3.63) is 23.8 Å². The van der Waals surface area contributed by atoms with Gasteiger partial charge in [0.05, 0.1) is 6.10 Å². The summed E-state index contributed by atoms with van der Waals surface area (Å²) in [6.45, 7) is 1.05. The normalized spacial score (nSPS) is 28.1. The Morgan fingerprint density at radius 1 is 1.19 bits per heavy atom. The van der Waals surface area contributed by atoms with Crippen LogP contribution in [0.25, 0.3) is 0 Å². The van der Waals surface area contributed by atoms with E-state index in [2.05, 4.69) is 0 Å². The molecule has 1 fully saturated rings. The summed E-state index contributed by atoms with van der Waals surface area (Å²) in [5.74, 6) is 1.61. The topological polar surface area (TPSA) is 53.7 Å². The summed E-state index contributed by atoms with van der Waals surface area (Å²) < 4.78 is 16.3. The Hall–Kier alpha value is -1.26. The molecule has 86 valence electrons. The van der Waals surface area contributed by atoms with Crippen molar-refractivity contribution in [2.45, 2.75) is 25.0 Å². The molecule has 1 aromatic carbocycles. The number of nitrogens with two attached hydrogens (primary N) is 1. The Bertz CT molecular complexity index is 394. The van der Waals surface area contributed by atoms with Crippen molar-refractivity contribution < 1.29 is 14.2 Å². The molecule has 2 aliphatic rings. The molecule has 2 N–H and O–H groups in total. The monoisotopic (exact) mass is 221 g/mol. The molecule has 4 nitrogen and oxygen atoms in total. The third kappa shape index (κ3) is 1.74. The second kappa shape index (κ2) is 3.96. The fourth-order valence-electron chi connectivity index (χ4n) is 2.17. The average molecular weight is 221 g/mol. The van der Waals surface area contributed by atoms with E-state index in [1.165, 1.54) is 0 Å². The van der Waals surface area contributed by atoms with Crippen molar-refractivity contribution >= 4 is 0 Å². The van der Waals surface area contributed by atoms with Crippen LogP contribution >= 0.6 is 0 Å². The number of benzene rings is 1. The largest absolute Gasteiger partial charge is 0.454 e. The second-order valence-electron chi connectivity index (χ2n) is 4.26. The molecule has 4 heteroatoms. The predicted octanol–water partition coefficient (Wildman–Crippen LogP) is 1.59. The molecule has 0 spiro atoms. The van der Waals surface area contributed by atoms with Crippen LogP contribution in [0.15, 0.2) is 18.2 Å². The van der Waals surface area contributed by atoms with E-state index in [0.29, 0.717) is 6.79 Å². The van der Waals surface area contributed by atoms with Gasteiger partial charge in [0.2, 0.25) is 6.79 Å². The van der Waals surface area contributed by atoms with Gasteiger partial charge in [0.15, 0.2) is 11.5 Å². The van der Waals surface area contributed by atoms with Gasteiger partial charge in [0.25, 0.3) is 0 Å². The van der Waals surface area contributed by atoms with Crippen molar-refractivity contribution in [3.8, 4) is 11.5 Å². The minimum atomic E-state index is 0.0956. The standard InChI is InChI=1S/C12H15NO3/c13-9-3-4-14-11(6-9)8-1-2-10-12(5-8)16-7-15-10/h1-2,5,9,11H,3-4,6-7,13H2/t9-,11+/m0/s1. The van der Waals surface area contributed by atoms with E-state index in [4.69, 9.17) is 19.9 Å². The van der Waals surface area contributed by atoms with E-state index in [9.17, 15) is 0 Å². The van der Waals surface area contributed by atoms with Crippen LogP contribution in [0.1, 0.15) is 24.5 Å². The van der Waals surface area contributed by atoms with Gasteiger partial charge in [-0.1, -0.05) is 6.07 Å². The van der Waals surface area contributed by atoms with Crippen molar-refractivity contribution in [1.29, 1.82) is 0 Å². The molecule has 2 heterocycles. The van der Waals surface area contributed by atoms with Gasteiger partial charge >= 0.3 is 0 Å². The van der Waals surface area contributed by atoms with E-state index in [1.807, 2.05) is 18.2 Å². The first kappa shape index (κ1) is 9.93. The third-order valence-corrected chi connectivity index (χ3v) is 3.09. The van der Waals surface area contributed by atoms with Crippen LogP contribution in [0.3, 0.4) is 0 Å². The van der Waals surface area contributed by atoms with Gasteiger partial charge in [-0.3, -0.25) is 0 Å². The molecule has 0 radical (unpaired) electrons. The highest BCUT2D eigenvalue weighted by molar-refractivity contribution is 5.45. The van der Waals surface area contributed by atoms with E-state index in [1.54, 1.807) is 0 Å².